The maximum atomic E-state index is 14.8. The standard InChI is InChI=1S/C42H77N3O7/c1-13-14-15-16-17-20-45-21-18-33(19-22-45)24-34-28-50-40(48)41(7,25-29(2)3)37(47)32(6)38(42(8,49-12)26-30(4)27-44(34)11)52-39-36(46)35(43(9)10)23-31(5)51-39/h30-36,38-39,46H,2,13-28H2,1,3-12H3/t30-,31-,32+,34-,35+,36-,38-,39+,41+,42-/m1/s1. The normalized spacial score (nSPS) is 36.9. The summed E-state index contributed by atoms with van der Waals surface area (Å²) in [5, 5.41) is 11.5. The lowest BCUT2D eigenvalue weighted by Crippen LogP contribution is -2.59. The van der Waals surface area contributed by atoms with E-state index in [2.05, 4.69) is 37.3 Å². The lowest BCUT2D eigenvalue weighted by Gasteiger charge is -2.47. The van der Waals surface area contributed by atoms with Crippen LogP contribution in [-0.4, -0.2) is 135 Å². The first kappa shape index (κ1) is 45.0. The number of rotatable bonds is 14. The molecule has 0 bridgehead atoms. The molecule has 10 heteroatoms. The lowest BCUT2D eigenvalue weighted by molar-refractivity contribution is -0.295. The number of ketones is 1. The molecule has 0 unspecified atom stereocenters. The third kappa shape index (κ3) is 12.0. The molecule has 3 aliphatic heterocycles. The van der Waals surface area contributed by atoms with Gasteiger partial charge in [0.2, 0.25) is 0 Å². The molecule has 10 atom stereocenters. The fourth-order valence-electron chi connectivity index (χ4n) is 9.28. The molecule has 0 aromatic rings. The number of cyclic esters (lactones) is 1. The molecule has 0 saturated carbocycles. The summed E-state index contributed by atoms with van der Waals surface area (Å²) in [6, 6.07) is -0.158. The van der Waals surface area contributed by atoms with Crippen molar-refractivity contribution < 1.29 is 33.6 Å². The van der Waals surface area contributed by atoms with Crippen LogP contribution < -0.4 is 0 Å². The van der Waals surface area contributed by atoms with Crippen LogP contribution in [0.2, 0.25) is 0 Å². The molecule has 0 amide bonds. The number of nitrogens with zero attached hydrogens (tertiary/aromatic N) is 3. The molecule has 1 N–H and O–H groups in total. The number of carbonyl (C=O) groups excluding carboxylic acids is 2. The fourth-order valence-corrected chi connectivity index (χ4v) is 9.28. The molecule has 10 nitrogen and oxygen atoms in total. The van der Waals surface area contributed by atoms with Crippen LogP contribution in [0.3, 0.4) is 0 Å². The number of hydrogen-bond donors (Lipinski definition) is 1. The van der Waals surface area contributed by atoms with Gasteiger partial charge in [0.1, 0.15) is 18.1 Å². The van der Waals surface area contributed by atoms with Gasteiger partial charge in [-0.15, -0.1) is 6.58 Å². The second-order valence-corrected chi connectivity index (χ2v) is 17.7. The van der Waals surface area contributed by atoms with E-state index in [1.165, 1.54) is 38.6 Å². The van der Waals surface area contributed by atoms with E-state index in [1.54, 1.807) is 14.0 Å². The Kier molecular flexibility index (Phi) is 17.7. The van der Waals surface area contributed by atoms with Gasteiger partial charge in [0.05, 0.1) is 17.8 Å². The number of piperidine rings is 1. The number of likely N-dealkylation sites (tertiary alicyclic amines) is 1. The van der Waals surface area contributed by atoms with E-state index in [4.69, 9.17) is 18.9 Å². The Morgan fingerprint density at radius 2 is 1.73 bits per heavy atom. The van der Waals surface area contributed by atoms with E-state index in [0.29, 0.717) is 18.8 Å². The van der Waals surface area contributed by atoms with Gasteiger partial charge in [0, 0.05) is 31.7 Å². The van der Waals surface area contributed by atoms with E-state index >= 15 is 0 Å². The van der Waals surface area contributed by atoms with Gasteiger partial charge in [-0.2, -0.15) is 0 Å². The zero-order chi connectivity index (χ0) is 38.8. The maximum Gasteiger partial charge on any atom is 0.319 e. The number of ether oxygens (including phenoxy) is 4. The van der Waals surface area contributed by atoms with Crippen LogP contribution in [0.4, 0.5) is 0 Å². The smallest absolute Gasteiger partial charge is 0.319 e. The topological polar surface area (TPSA) is 101 Å². The molecule has 3 aliphatic rings. The molecule has 52 heavy (non-hydrogen) atoms. The van der Waals surface area contributed by atoms with Crippen molar-refractivity contribution >= 4 is 11.8 Å². The number of aliphatic hydroxyl groups is 1. The highest BCUT2D eigenvalue weighted by atomic mass is 16.7. The number of unbranched alkanes of at least 4 members (excludes halogenated alkanes) is 4. The molecular formula is C42H77N3O7. The van der Waals surface area contributed by atoms with Crippen molar-refractivity contribution in [3.63, 3.8) is 0 Å². The Labute approximate surface area is 317 Å². The van der Waals surface area contributed by atoms with Gasteiger partial charge in [0.15, 0.2) is 12.1 Å². The molecule has 0 aliphatic carbocycles. The third-order valence-corrected chi connectivity index (χ3v) is 12.4. The number of Topliss-reactive ketones (excluding diaryl/α,β-unsaturated/α-hetero) is 1. The van der Waals surface area contributed by atoms with Crippen LogP contribution >= 0.6 is 0 Å². The van der Waals surface area contributed by atoms with Crippen LogP contribution in [0.15, 0.2) is 12.2 Å². The molecule has 3 saturated heterocycles. The molecule has 3 fully saturated rings. The molecule has 0 spiro atoms. The number of aliphatic hydroxyl groups excluding tert-OH is 1. The summed E-state index contributed by atoms with van der Waals surface area (Å²) >= 11 is 0. The Bertz CT molecular complexity index is 1130. The van der Waals surface area contributed by atoms with Gasteiger partial charge in [-0.05, 0) is 125 Å². The molecule has 0 aromatic carbocycles. The lowest BCUT2D eigenvalue weighted by atomic mass is 9.71. The van der Waals surface area contributed by atoms with E-state index in [1.807, 2.05) is 46.7 Å². The molecular weight excluding hydrogens is 658 g/mol. The van der Waals surface area contributed by atoms with Crippen LogP contribution in [0, 0.1) is 23.2 Å². The largest absolute Gasteiger partial charge is 0.463 e. The van der Waals surface area contributed by atoms with Gasteiger partial charge in [0.25, 0.3) is 0 Å². The van der Waals surface area contributed by atoms with E-state index in [0.717, 1.165) is 44.5 Å². The highest BCUT2D eigenvalue weighted by Gasteiger charge is 2.53. The van der Waals surface area contributed by atoms with Crippen molar-refractivity contribution in [3.05, 3.63) is 12.2 Å². The van der Waals surface area contributed by atoms with Crippen LogP contribution in [0.5, 0.6) is 0 Å². The quantitative estimate of drug-likeness (QED) is 0.0943. The van der Waals surface area contributed by atoms with Crippen molar-refractivity contribution in [2.45, 2.75) is 161 Å². The van der Waals surface area contributed by atoms with Crippen molar-refractivity contribution in [2.75, 3.05) is 61.0 Å². The van der Waals surface area contributed by atoms with Gasteiger partial charge in [-0.1, -0.05) is 52.0 Å². The highest BCUT2D eigenvalue weighted by molar-refractivity contribution is 6.05. The summed E-state index contributed by atoms with van der Waals surface area (Å²) in [7, 11) is 7.67. The molecule has 302 valence electrons. The van der Waals surface area contributed by atoms with Gasteiger partial charge in [-0.3, -0.25) is 14.5 Å². The minimum atomic E-state index is -1.47. The van der Waals surface area contributed by atoms with Gasteiger partial charge < -0.3 is 33.9 Å². The Morgan fingerprint density at radius 3 is 2.33 bits per heavy atom. The van der Waals surface area contributed by atoms with Crippen LogP contribution in [-0.2, 0) is 28.5 Å². The maximum absolute atomic E-state index is 14.8. The minimum absolute atomic E-state index is 0.0236. The number of carbonyl (C=O) groups is 2. The Balaban J connectivity index is 1.89. The summed E-state index contributed by atoms with van der Waals surface area (Å²) in [6.07, 6.45) is 8.29. The predicted molar refractivity (Wildman–Crippen MR) is 208 cm³/mol. The van der Waals surface area contributed by atoms with E-state index < -0.39 is 41.4 Å². The number of hydrogen-bond acceptors (Lipinski definition) is 10. The molecule has 3 rings (SSSR count). The molecule has 0 aromatic heterocycles. The first-order chi connectivity index (χ1) is 24.4. The summed E-state index contributed by atoms with van der Waals surface area (Å²) in [4.78, 5) is 36.0. The van der Waals surface area contributed by atoms with E-state index in [9.17, 15) is 14.7 Å². The van der Waals surface area contributed by atoms with Crippen molar-refractivity contribution in [1.29, 1.82) is 0 Å². The monoisotopic (exact) mass is 736 g/mol. The van der Waals surface area contributed by atoms with Crippen molar-refractivity contribution in [1.82, 2.24) is 14.7 Å². The Morgan fingerprint density at radius 1 is 1.08 bits per heavy atom. The zero-order valence-electron chi connectivity index (χ0n) is 35.0. The number of esters is 1. The average molecular weight is 736 g/mol. The highest BCUT2D eigenvalue weighted by Crippen LogP contribution is 2.40. The Hall–Kier alpha value is -1.40. The SMILES string of the molecule is C=C(C)C[C@]1(C)C(=O)OC[C@@H](CC2CCN(CCCCCCC)CC2)N(C)C[C@H](C)C[C@@](C)(OC)[C@H](O[C@@H]2O[C@H](C)C[C@H](N(C)C)[C@H]2O)[C@@H](C)C1=O. The zero-order valence-corrected chi connectivity index (χ0v) is 35.0. The number of allylic oxidation sites excluding steroid dienone is 1. The fraction of sp³-hybridized carbons (Fsp3) is 0.905. The minimum Gasteiger partial charge on any atom is -0.463 e. The third-order valence-electron chi connectivity index (χ3n) is 12.4. The second kappa shape index (κ2) is 20.5. The van der Waals surface area contributed by atoms with Gasteiger partial charge >= 0.3 is 5.97 Å². The number of methoxy groups -OCH3 is 1. The first-order valence-corrected chi connectivity index (χ1v) is 20.4. The summed E-state index contributed by atoms with van der Waals surface area (Å²) < 4.78 is 25.5. The first-order valence-electron chi connectivity index (χ1n) is 20.4. The van der Waals surface area contributed by atoms with E-state index in [-0.39, 0.29) is 42.9 Å². The molecule has 3 heterocycles. The van der Waals surface area contributed by atoms with Gasteiger partial charge in [-0.25, -0.2) is 0 Å². The predicted octanol–water partition coefficient (Wildman–Crippen LogP) is 6.34. The summed E-state index contributed by atoms with van der Waals surface area (Å²) in [6.45, 7) is 22.3. The van der Waals surface area contributed by atoms with Crippen LogP contribution in [0.1, 0.15) is 119 Å². The average Bonchev–Trinajstić information content (AvgIpc) is 3.08. The number of likely N-dealkylation sites (N-methyl/N-ethyl adjacent to an activating group) is 2. The van der Waals surface area contributed by atoms with Crippen molar-refractivity contribution in [2.24, 2.45) is 23.2 Å². The summed E-state index contributed by atoms with van der Waals surface area (Å²) in [5.41, 5.74) is -1.68. The second-order valence-electron chi connectivity index (χ2n) is 17.7. The molecule has 0 radical (unpaired) electrons. The van der Waals surface area contributed by atoms with Crippen molar-refractivity contribution in [3.8, 4) is 0 Å². The summed E-state index contributed by atoms with van der Waals surface area (Å²) in [5.74, 6) is -0.885. The van der Waals surface area contributed by atoms with Crippen LogP contribution in [0.25, 0.3) is 0 Å².